The van der Waals surface area contributed by atoms with Crippen LogP contribution in [0.4, 0.5) is 5.69 Å². The summed E-state index contributed by atoms with van der Waals surface area (Å²) in [7, 11) is 2.14. The van der Waals surface area contributed by atoms with Crippen molar-refractivity contribution in [2.75, 3.05) is 11.9 Å². The van der Waals surface area contributed by atoms with Gasteiger partial charge in [-0.3, -0.25) is 4.90 Å². The molecule has 0 saturated carbocycles. The van der Waals surface area contributed by atoms with Crippen molar-refractivity contribution in [1.29, 1.82) is 0 Å². The van der Waals surface area contributed by atoms with Gasteiger partial charge in [0.2, 0.25) is 0 Å². The number of fused-ring (bicyclic) bond motifs is 7. The topological polar surface area (TPSA) is 43.6 Å². The summed E-state index contributed by atoms with van der Waals surface area (Å²) in [5.41, 5.74) is 12.9. The van der Waals surface area contributed by atoms with Crippen molar-refractivity contribution < 1.29 is 0 Å². The van der Waals surface area contributed by atoms with E-state index < -0.39 is 0 Å². The molecule has 6 aliphatic rings. The molecule has 4 heterocycles. The first-order chi connectivity index (χ1) is 31.2. The molecule has 5 aromatic carbocycles. The van der Waals surface area contributed by atoms with E-state index in [9.17, 15) is 0 Å². The number of allylic oxidation sites excluding steroid dienone is 11. The van der Waals surface area contributed by atoms with Crippen LogP contribution in [-0.2, 0) is 0 Å². The third kappa shape index (κ3) is 6.70. The molecule has 308 valence electrons. The molecule has 0 N–H and O–H groups in total. The van der Waals surface area contributed by atoms with Gasteiger partial charge in [-0.2, -0.15) is 0 Å². The second-order valence-electron chi connectivity index (χ2n) is 17.7. The van der Waals surface area contributed by atoms with E-state index in [0.717, 1.165) is 67.2 Å². The predicted molar refractivity (Wildman–Crippen MR) is 265 cm³/mol. The highest BCUT2D eigenvalue weighted by Crippen LogP contribution is 2.55. The fourth-order valence-electron chi connectivity index (χ4n) is 10.8. The first-order valence-corrected chi connectivity index (χ1v) is 23.5. The Balaban J connectivity index is 1.06. The zero-order valence-electron chi connectivity index (χ0n) is 35.6. The molecule has 3 aliphatic heterocycles. The Morgan fingerprint density at radius 2 is 1.48 bits per heavy atom. The van der Waals surface area contributed by atoms with Crippen molar-refractivity contribution in [3.8, 4) is 0 Å². The van der Waals surface area contributed by atoms with Crippen LogP contribution in [0.5, 0.6) is 0 Å². The minimum atomic E-state index is -0.245. The number of anilines is 1. The number of amidine groups is 3. The third-order valence-electron chi connectivity index (χ3n) is 13.9. The van der Waals surface area contributed by atoms with Gasteiger partial charge in [0.15, 0.2) is 0 Å². The standard InChI is InChI=1S/C57H49N5S/c1-61-55(39-22-10-4-11-23-39)59-54(60-56(61)40-24-12-5-13-25-40)49-35-44(43-33-41(37-18-6-2-7-19-37)32-42(34-43)38-20-8-3-9-21-38)36-58-57(49)62-50-28-16-14-26-45(50)47-30-31-48-46-27-15-17-29-51(46)63-53(48)52(47)62/h2,4-8,10-13,15,17-25,27-33,36,43,45,49,55H,3,9,14,16,26,34-35H2,1H3. The van der Waals surface area contributed by atoms with Gasteiger partial charge in [-0.05, 0) is 90.0 Å². The average molecular weight is 836 g/mol. The summed E-state index contributed by atoms with van der Waals surface area (Å²) < 4.78 is 2.66. The Morgan fingerprint density at radius 3 is 2.29 bits per heavy atom. The molecule has 1 aromatic heterocycles. The monoisotopic (exact) mass is 835 g/mol. The summed E-state index contributed by atoms with van der Waals surface area (Å²) in [5.74, 6) is 3.10. The number of aliphatic imine (C=N–C) groups is 3. The van der Waals surface area contributed by atoms with E-state index in [1.165, 1.54) is 71.4 Å². The van der Waals surface area contributed by atoms with E-state index in [1.807, 2.05) is 11.3 Å². The third-order valence-corrected chi connectivity index (χ3v) is 15.1. The first kappa shape index (κ1) is 38.1. The molecule has 0 fully saturated rings. The zero-order chi connectivity index (χ0) is 41.9. The SMILES string of the molecule is CN1C(c2ccccc2)=NC(C2CC(C3C=C(c4ccccc4)C=C(C4=CCCC=C4)C3)=CN=C2N2C3=CCCCC3c3ccc4c(sc5ccccc54)c32)=NC1c1ccccc1. The van der Waals surface area contributed by atoms with Gasteiger partial charge in [-0.25, -0.2) is 15.0 Å². The lowest BCUT2D eigenvalue weighted by Gasteiger charge is -2.38. The van der Waals surface area contributed by atoms with Crippen molar-refractivity contribution in [3.05, 3.63) is 215 Å². The van der Waals surface area contributed by atoms with Gasteiger partial charge >= 0.3 is 0 Å². The molecule has 4 atom stereocenters. The lowest BCUT2D eigenvalue weighted by Crippen LogP contribution is -2.43. The van der Waals surface area contributed by atoms with Crippen LogP contribution in [0.1, 0.15) is 79.3 Å². The van der Waals surface area contributed by atoms with Crippen LogP contribution in [0.25, 0.3) is 25.7 Å². The largest absolute Gasteiger partial charge is 0.333 e. The molecular weight excluding hydrogens is 787 g/mol. The average Bonchev–Trinajstić information content (AvgIpc) is 3.91. The predicted octanol–water partition coefficient (Wildman–Crippen LogP) is 14.1. The summed E-state index contributed by atoms with van der Waals surface area (Å²) in [6.07, 6.45) is 23.8. The Labute approximate surface area is 373 Å². The molecule has 0 spiro atoms. The van der Waals surface area contributed by atoms with Gasteiger partial charge < -0.3 is 4.90 Å². The van der Waals surface area contributed by atoms with Crippen molar-refractivity contribution in [2.45, 2.75) is 57.0 Å². The molecule has 0 amide bonds. The molecule has 3 aliphatic carbocycles. The van der Waals surface area contributed by atoms with Gasteiger partial charge in [0, 0.05) is 51.8 Å². The highest BCUT2D eigenvalue weighted by atomic mass is 32.1. The first-order valence-electron chi connectivity index (χ1n) is 22.7. The van der Waals surface area contributed by atoms with Gasteiger partial charge in [0.25, 0.3) is 0 Å². The lowest BCUT2D eigenvalue weighted by molar-refractivity contribution is 0.380. The van der Waals surface area contributed by atoms with Crippen LogP contribution in [0, 0.1) is 11.8 Å². The molecule has 6 heteroatoms. The maximum Gasteiger partial charge on any atom is 0.150 e. The maximum absolute atomic E-state index is 5.73. The Kier molecular flexibility index (Phi) is 9.63. The number of benzene rings is 5. The van der Waals surface area contributed by atoms with Gasteiger partial charge in [0.05, 0.1) is 16.3 Å². The highest BCUT2D eigenvalue weighted by molar-refractivity contribution is 7.26. The molecule has 6 aromatic rings. The Bertz CT molecular complexity index is 3070. The summed E-state index contributed by atoms with van der Waals surface area (Å²) in [6.45, 7) is 0. The summed E-state index contributed by atoms with van der Waals surface area (Å²) in [5, 5.41) is 2.64. The summed E-state index contributed by atoms with van der Waals surface area (Å²) in [4.78, 5) is 21.9. The normalized spacial score (nSPS) is 23.2. The van der Waals surface area contributed by atoms with E-state index in [4.69, 9.17) is 15.0 Å². The quantitative estimate of drug-likeness (QED) is 0.168. The Morgan fingerprint density at radius 1 is 0.698 bits per heavy atom. The minimum absolute atomic E-state index is 0.167. The second-order valence-corrected chi connectivity index (χ2v) is 18.7. The molecule has 12 rings (SSSR count). The molecule has 0 bridgehead atoms. The maximum atomic E-state index is 5.73. The van der Waals surface area contributed by atoms with Crippen molar-refractivity contribution in [3.63, 3.8) is 0 Å². The van der Waals surface area contributed by atoms with Crippen molar-refractivity contribution in [2.24, 2.45) is 26.8 Å². The minimum Gasteiger partial charge on any atom is -0.333 e. The van der Waals surface area contributed by atoms with Crippen LogP contribution >= 0.6 is 11.3 Å². The van der Waals surface area contributed by atoms with E-state index in [-0.39, 0.29) is 18.0 Å². The van der Waals surface area contributed by atoms with Crippen LogP contribution in [0.15, 0.2) is 207 Å². The second kappa shape index (κ2) is 15.9. The van der Waals surface area contributed by atoms with Gasteiger partial charge in [-0.15, -0.1) is 11.3 Å². The number of hydrogen-bond donors (Lipinski definition) is 0. The smallest absolute Gasteiger partial charge is 0.150 e. The van der Waals surface area contributed by atoms with Crippen LogP contribution < -0.4 is 4.90 Å². The molecule has 4 unspecified atom stereocenters. The van der Waals surface area contributed by atoms with Crippen LogP contribution in [0.3, 0.4) is 0 Å². The van der Waals surface area contributed by atoms with Crippen molar-refractivity contribution >= 4 is 60.3 Å². The van der Waals surface area contributed by atoms with Gasteiger partial charge in [-0.1, -0.05) is 158 Å². The van der Waals surface area contributed by atoms with Crippen LogP contribution in [0.2, 0.25) is 0 Å². The Hall–Kier alpha value is -6.63. The molecular formula is C57H49N5S. The fourth-order valence-corrected chi connectivity index (χ4v) is 12.0. The summed E-state index contributed by atoms with van der Waals surface area (Å²) in [6, 6.07) is 46.0. The van der Waals surface area contributed by atoms with E-state index >= 15 is 0 Å². The van der Waals surface area contributed by atoms with E-state index in [0.29, 0.717) is 5.92 Å². The number of rotatable bonds is 6. The highest BCUT2D eigenvalue weighted by Gasteiger charge is 2.44. The molecule has 0 radical (unpaired) electrons. The van der Waals surface area contributed by atoms with E-state index in [1.54, 1.807) is 0 Å². The van der Waals surface area contributed by atoms with Gasteiger partial charge in [0.1, 0.15) is 23.7 Å². The summed E-state index contributed by atoms with van der Waals surface area (Å²) >= 11 is 1.92. The number of hydrogen-bond acceptors (Lipinski definition) is 6. The number of nitrogens with zero attached hydrogens (tertiary/aromatic N) is 5. The molecule has 63 heavy (non-hydrogen) atoms. The fraction of sp³-hybridized carbons (Fsp3) is 0.211. The number of thiophene rings is 1. The molecule has 5 nitrogen and oxygen atoms in total. The zero-order valence-corrected chi connectivity index (χ0v) is 36.4. The van der Waals surface area contributed by atoms with Crippen molar-refractivity contribution in [1.82, 2.24) is 4.90 Å². The molecule has 0 saturated heterocycles. The lowest BCUT2D eigenvalue weighted by atomic mass is 9.77. The van der Waals surface area contributed by atoms with E-state index in [2.05, 4.69) is 187 Å². The van der Waals surface area contributed by atoms with Crippen LogP contribution in [-0.4, -0.2) is 29.5 Å².